The van der Waals surface area contributed by atoms with Gasteiger partial charge in [-0.05, 0) is 0 Å². The van der Waals surface area contributed by atoms with E-state index in [1.54, 1.807) is 0 Å². The zero-order valence-corrected chi connectivity index (χ0v) is 5.41. The summed E-state index contributed by atoms with van der Waals surface area (Å²) >= 11 is 0. The Balaban J connectivity index is 3.75. The second-order valence-electron chi connectivity index (χ2n) is 1.28. The molecule has 0 aromatic rings. The zero-order chi connectivity index (χ0) is 7.49. The fraction of sp³-hybridized carbons (Fsp3) is 0.333. The molecule has 0 fully saturated rings. The van der Waals surface area contributed by atoms with E-state index in [-0.39, 0.29) is 5.76 Å². The summed E-state index contributed by atoms with van der Waals surface area (Å²) in [6.45, 7) is 2.40. The fourth-order valence-corrected chi connectivity index (χ4v) is 0.591. The van der Waals surface area contributed by atoms with Crippen molar-refractivity contribution in [1.29, 1.82) is 0 Å². The van der Waals surface area contributed by atoms with Gasteiger partial charge in [-0.1, -0.05) is 6.58 Å². The van der Waals surface area contributed by atoms with Crippen LogP contribution in [0.15, 0.2) is 12.3 Å². The lowest BCUT2D eigenvalue weighted by Crippen LogP contribution is -1.92. The maximum atomic E-state index is 9.90. The standard InChI is InChI=1S/C3H7O5P/c1-3(2-4)8-9(5,6)7/h4H,1-2H2,(H2,5,6,7). The van der Waals surface area contributed by atoms with E-state index < -0.39 is 14.4 Å². The third-order valence-electron chi connectivity index (χ3n) is 0.424. The molecular weight excluding hydrogens is 147 g/mol. The molecule has 0 aromatic carbocycles. The van der Waals surface area contributed by atoms with Crippen molar-refractivity contribution in [3.8, 4) is 0 Å². The molecule has 0 radical (unpaired) electrons. The highest BCUT2D eigenvalue weighted by Crippen LogP contribution is 2.37. The minimum atomic E-state index is -4.50. The molecule has 9 heavy (non-hydrogen) atoms. The molecule has 3 N–H and O–H groups in total. The molecule has 0 aliphatic rings. The van der Waals surface area contributed by atoms with Crippen LogP contribution in [0.4, 0.5) is 0 Å². The quantitative estimate of drug-likeness (QED) is 0.380. The van der Waals surface area contributed by atoms with Gasteiger partial charge < -0.3 is 9.63 Å². The molecule has 5 nitrogen and oxygen atoms in total. The highest BCUT2D eigenvalue weighted by molar-refractivity contribution is 7.46. The monoisotopic (exact) mass is 154 g/mol. The summed E-state index contributed by atoms with van der Waals surface area (Å²) in [6.07, 6.45) is 0. The first-order valence-electron chi connectivity index (χ1n) is 1.99. The zero-order valence-electron chi connectivity index (χ0n) is 4.52. The van der Waals surface area contributed by atoms with Crippen molar-refractivity contribution in [3.63, 3.8) is 0 Å². The Morgan fingerprint density at radius 1 is 1.67 bits per heavy atom. The van der Waals surface area contributed by atoms with Gasteiger partial charge >= 0.3 is 7.82 Å². The molecule has 0 spiro atoms. The first kappa shape index (κ1) is 8.65. The van der Waals surface area contributed by atoms with Crippen LogP contribution in [0.25, 0.3) is 0 Å². The summed E-state index contributed by atoms with van der Waals surface area (Å²) in [6, 6.07) is 0. The van der Waals surface area contributed by atoms with Gasteiger partial charge in [0.15, 0.2) is 0 Å². The maximum Gasteiger partial charge on any atom is 0.524 e. The Hall–Kier alpha value is -0.350. The van der Waals surface area contributed by atoms with Crippen LogP contribution in [0.5, 0.6) is 0 Å². The Morgan fingerprint density at radius 3 is 2.22 bits per heavy atom. The fourth-order valence-electron chi connectivity index (χ4n) is 0.197. The van der Waals surface area contributed by atoms with Crippen LogP contribution in [0.1, 0.15) is 0 Å². The van der Waals surface area contributed by atoms with Gasteiger partial charge in [0.05, 0.1) is 0 Å². The topological polar surface area (TPSA) is 87.0 Å². The third kappa shape index (κ3) is 5.52. The highest BCUT2D eigenvalue weighted by atomic mass is 31.2. The second kappa shape index (κ2) is 2.98. The van der Waals surface area contributed by atoms with Crippen LogP contribution in [0.2, 0.25) is 0 Å². The number of aliphatic hydroxyl groups is 1. The van der Waals surface area contributed by atoms with E-state index in [1.807, 2.05) is 0 Å². The lowest BCUT2D eigenvalue weighted by molar-refractivity contribution is 0.204. The third-order valence-corrected chi connectivity index (χ3v) is 0.920. The SMILES string of the molecule is C=C(CO)OP(=O)(O)O. The maximum absolute atomic E-state index is 9.90. The molecule has 0 saturated heterocycles. The molecule has 0 atom stereocenters. The predicted molar refractivity (Wildman–Crippen MR) is 29.4 cm³/mol. The molecule has 0 aliphatic carbocycles. The van der Waals surface area contributed by atoms with Gasteiger partial charge in [0.2, 0.25) is 0 Å². The van der Waals surface area contributed by atoms with E-state index in [2.05, 4.69) is 11.1 Å². The van der Waals surface area contributed by atoms with Crippen molar-refractivity contribution in [2.24, 2.45) is 0 Å². The number of aliphatic hydroxyl groups excluding tert-OH is 1. The van der Waals surface area contributed by atoms with Crippen molar-refractivity contribution in [3.05, 3.63) is 12.3 Å². The van der Waals surface area contributed by atoms with Crippen molar-refractivity contribution < 1.29 is 24.0 Å². The highest BCUT2D eigenvalue weighted by Gasteiger charge is 2.15. The Morgan fingerprint density at radius 2 is 2.11 bits per heavy atom. The van der Waals surface area contributed by atoms with Gasteiger partial charge in [-0.2, -0.15) is 0 Å². The van der Waals surface area contributed by atoms with E-state index >= 15 is 0 Å². The van der Waals surface area contributed by atoms with Gasteiger partial charge in [0.25, 0.3) is 0 Å². The van der Waals surface area contributed by atoms with Crippen LogP contribution in [-0.4, -0.2) is 21.5 Å². The summed E-state index contributed by atoms with van der Waals surface area (Å²) < 4.78 is 13.7. The van der Waals surface area contributed by atoms with Gasteiger partial charge in [-0.15, -0.1) is 0 Å². The average Bonchev–Trinajstić information content (AvgIpc) is 1.62. The molecule has 0 amide bonds. The van der Waals surface area contributed by atoms with Crippen LogP contribution < -0.4 is 0 Å². The number of phosphoric acid groups is 1. The van der Waals surface area contributed by atoms with Gasteiger partial charge in [0.1, 0.15) is 12.4 Å². The summed E-state index contributed by atoms with van der Waals surface area (Å²) in [4.78, 5) is 16.1. The Kier molecular flexibility index (Phi) is 2.87. The number of rotatable bonds is 3. The smallest absolute Gasteiger partial charge is 0.407 e. The molecular formula is C3H7O5P. The Labute approximate surface area is 51.8 Å². The first-order valence-corrected chi connectivity index (χ1v) is 3.52. The minimum Gasteiger partial charge on any atom is -0.407 e. The van der Waals surface area contributed by atoms with Gasteiger partial charge in [0, 0.05) is 0 Å². The molecule has 0 aliphatic heterocycles. The second-order valence-corrected chi connectivity index (χ2v) is 2.44. The van der Waals surface area contributed by atoms with Crippen molar-refractivity contribution in [1.82, 2.24) is 0 Å². The molecule has 0 rings (SSSR count). The summed E-state index contributed by atoms with van der Waals surface area (Å²) in [5.74, 6) is -0.344. The van der Waals surface area contributed by atoms with Crippen molar-refractivity contribution in [2.45, 2.75) is 0 Å². The molecule has 0 unspecified atom stereocenters. The van der Waals surface area contributed by atoms with Crippen molar-refractivity contribution >= 4 is 7.82 Å². The first-order chi connectivity index (χ1) is 3.95. The molecule has 54 valence electrons. The van der Waals surface area contributed by atoms with Gasteiger partial charge in [-0.25, -0.2) is 4.57 Å². The minimum absolute atomic E-state index is 0.344. The predicted octanol–water partition coefficient (Wildman–Crippen LogP) is -0.398. The Bertz CT molecular complexity index is 146. The average molecular weight is 154 g/mol. The normalized spacial score (nSPS) is 11.0. The molecule has 0 saturated carbocycles. The number of hydrogen-bond donors (Lipinski definition) is 3. The van der Waals surface area contributed by atoms with Crippen LogP contribution in [0.3, 0.4) is 0 Å². The van der Waals surface area contributed by atoms with E-state index in [1.165, 1.54) is 0 Å². The van der Waals surface area contributed by atoms with Crippen LogP contribution >= 0.6 is 7.82 Å². The van der Waals surface area contributed by atoms with Gasteiger partial charge in [-0.3, -0.25) is 9.79 Å². The van der Waals surface area contributed by atoms with E-state index in [9.17, 15) is 4.57 Å². The summed E-state index contributed by atoms with van der Waals surface area (Å²) in [5, 5.41) is 8.13. The summed E-state index contributed by atoms with van der Waals surface area (Å²) in [5.41, 5.74) is 0. The van der Waals surface area contributed by atoms with Crippen molar-refractivity contribution in [2.75, 3.05) is 6.61 Å². The lowest BCUT2D eigenvalue weighted by atomic mass is 10.6. The largest absolute Gasteiger partial charge is 0.524 e. The number of phosphoric ester groups is 1. The molecule has 0 heterocycles. The van der Waals surface area contributed by atoms with E-state index in [0.717, 1.165) is 0 Å². The van der Waals surface area contributed by atoms with Crippen LogP contribution in [-0.2, 0) is 9.09 Å². The molecule has 6 heteroatoms. The lowest BCUT2D eigenvalue weighted by Gasteiger charge is -2.05. The number of hydrogen-bond acceptors (Lipinski definition) is 3. The molecule has 0 bridgehead atoms. The van der Waals surface area contributed by atoms with E-state index in [4.69, 9.17) is 14.9 Å². The van der Waals surface area contributed by atoms with Crippen LogP contribution in [0, 0.1) is 0 Å². The summed E-state index contributed by atoms with van der Waals surface area (Å²) in [7, 11) is -4.50. The van der Waals surface area contributed by atoms with E-state index in [0.29, 0.717) is 0 Å². The molecule has 0 aromatic heterocycles.